The summed E-state index contributed by atoms with van der Waals surface area (Å²) in [4.78, 5) is 0. The van der Waals surface area contributed by atoms with Gasteiger partial charge in [0.15, 0.2) is 0 Å². The predicted molar refractivity (Wildman–Crippen MR) is 33.1 cm³/mol. The van der Waals surface area contributed by atoms with E-state index in [1.165, 1.54) is 0 Å². The number of allylic oxidation sites excluding steroid dienone is 3. The van der Waals surface area contributed by atoms with Gasteiger partial charge >= 0.3 is 6.18 Å². The first-order valence-electron chi connectivity index (χ1n) is 2.42. The minimum absolute atomic E-state index is 0.252. The normalized spacial score (nSPS) is 12.9. The molecular formula is C6H6F3N. The molecule has 0 aliphatic heterocycles. The van der Waals surface area contributed by atoms with Crippen LogP contribution >= 0.6 is 0 Å². The van der Waals surface area contributed by atoms with Crippen molar-refractivity contribution in [2.75, 3.05) is 0 Å². The summed E-state index contributed by atoms with van der Waals surface area (Å²) >= 11 is 0. The largest absolute Gasteiger partial charge is 0.417 e. The van der Waals surface area contributed by atoms with Crippen LogP contribution in [0, 0.1) is 5.41 Å². The van der Waals surface area contributed by atoms with Crippen molar-refractivity contribution >= 4 is 6.21 Å². The van der Waals surface area contributed by atoms with E-state index >= 15 is 0 Å². The van der Waals surface area contributed by atoms with Gasteiger partial charge in [-0.25, -0.2) is 0 Å². The maximum atomic E-state index is 11.6. The molecule has 0 aromatic heterocycles. The highest BCUT2D eigenvalue weighted by molar-refractivity contribution is 5.77. The van der Waals surface area contributed by atoms with Gasteiger partial charge < -0.3 is 5.41 Å². The number of hydrogen-bond donors (Lipinski definition) is 1. The van der Waals surface area contributed by atoms with Crippen LogP contribution < -0.4 is 0 Å². The molecule has 4 heteroatoms. The first kappa shape index (κ1) is 8.94. The molecule has 1 N–H and O–H groups in total. The summed E-state index contributed by atoms with van der Waals surface area (Å²) in [6.45, 7) is 3.08. The van der Waals surface area contributed by atoms with Gasteiger partial charge in [-0.15, -0.1) is 0 Å². The van der Waals surface area contributed by atoms with Crippen LogP contribution in [0.4, 0.5) is 13.2 Å². The third-order valence-corrected chi connectivity index (χ3v) is 0.780. The van der Waals surface area contributed by atoms with Crippen molar-refractivity contribution in [1.82, 2.24) is 0 Å². The number of hydrogen-bond acceptors (Lipinski definition) is 1. The van der Waals surface area contributed by atoms with E-state index in [0.29, 0.717) is 0 Å². The molecule has 0 unspecified atom stereocenters. The van der Waals surface area contributed by atoms with E-state index in [4.69, 9.17) is 5.41 Å². The minimum atomic E-state index is -4.43. The van der Waals surface area contributed by atoms with Crippen molar-refractivity contribution in [1.29, 1.82) is 5.41 Å². The van der Waals surface area contributed by atoms with Gasteiger partial charge in [0.05, 0.1) is 5.57 Å². The van der Waals surface area contributed by atoms with Crippen LogP contribution in [0.2, 0.25) is 0 Å². The van der Waals surface area contributed by atoms with Gasteiger partial charge in [-0.05, 0) is 6.08 Å². The Morgan fingerprint density at radius 1 is 1.40 bits per heavy atom. The monoisotopic (exact) mass is 149 g/mol. The molecule has 0 spiro atoms. The molecule has 0 radical (unpaired) electrons. The van der Waals surface area contributed by atoms with E-state index in [9.17, 15) is 13.2 Å². The van der Waals surface area contributed by atoms with E-state index < -0.39 is 11.7 Å². The molecule has 0 amide bonds. The molecule has 0 aromatic rings. The Bertz CT molecular complexity index is 166. The molecule has 0 atom stereocenters. The van der Waals surface area contributed by atoms with Crippen molar-refractivity contribution < 1.29 is 13.2 Å². The molecule has 10 heavy (non-hydrogen) atoms. The molecule has 0 aromatic carbocycles. The molecule has 0 fully saturated rings. The Morgan fingerprint density at radius 3 is 2.00 bits per heavy atom. The second kappa shape index (κ2) is 3.20. The zero-order valence-corrected chi connectivity index (χ0v) is 5.07. The molecule has 0 saturated carbocycles. The highest BCUT2D eigenvalue weighted by atomic mass is 19.4. The number of rotatable bonds is 2. The third-order valence-electron chi connectivity index (χ3n) is 0.780. The van der Waals surface area contributed by atoms with Crippen LogP contribution in [0.1, 0.15) is 0 Å². The average Bonchev–Trinajstić information content (AvgIpc) is 1.80. The lowest BCUT2D eigenvalue weighted by molar-refractivity contribution is -0.0856. The molecule has 0 aliphatic carbocycles. The van der Waals surface area contributed by atoms with Gasteiger partial charge in [-0.3, -0.25) is 0 Å². The summed E-state index contributed by atoms with van der Waals surface area (Å²) in [7, 11) is 0. The number of nitrogens with one attached hydrogen (secondary N) is 1. The molecule has 0 aliphatic rings. The molecule has 1 nitrogen and oxygen atoms in total. The van der Waals surface area contributed by atoms with E-state index in [1.54, 1.807) is 0 Å². The van der Waals surface area contributed by atoms with Crippen molar-refractivity contribution in [3.8, 4) is 0 Å². The smallest absolute Gasteiger partial charge is 0.308 e. The zero-order valence-electron chi connectivity index (χ0n) is 5.07. The fourth-order valence-electron chi connectivity index (χ4n) is 0.351. The minimum Gasteiger partial charge on any atom is -0.308 e. The standard InChI is InChI=1S/C6H6F3N/c1-2-3-5(4-10)6(7,8)9/h2-4,10H,1H2/b5-3+,10-4?. The van der Waals surface area contributed by atoms with Crippen LogP contribution in [-0.4, -0.2) is 12.4 Å². The predicted octanol–water partition coefficient (Wildman–Crippen LogP) is 2.31. The second-order valence-corrected chi connectivity index (χ2v) is 1.50. The van der Waals surface area contributed by atoms with Crippen LogP contribution in [0.5, 0.6) is 0 Å². The second-order valence-electron chi connectivity index (χ2n) is 1.50. The molecule has 0 rings (SSSR count). The SMILES string of the molecule is C=C/C=C(\C=N)C(F)(F)F. The number of halogens is 3. The van der Waals surface area contributed by atoms with E-state index in [0.717, 1.165) is 12.2 Å². The zero-order chi connectivity index (χ0) is 8.20. The third kappa shape index (κ3) is 2.48. The maximum Gasteiger partial charge on any atom is 0.417 e. The quantitative estimate of drug-likeness (QED) is 0.460. The Labute approximate surface area is 56.4 Å². The van der Waals surface area contributed by atoms with Crippen molar-refractivity contribution in [2.45, 2.75) is 6.18 Å². The highest BCUT2D eigenvalue weighted by Crippen LogP contribution is 2.23. The fourth-order valence-corrected chi connectivity index (χ4v) is 0.351. The van der Waals surface area contributed by atoms with Gasteiger partial charge in [-0.2, -0.15) is 13.2 Å². The summed E-state index contributed by atoms with van der Waals surface area (Å²) in [5, 5.41) is 6.36. The van der Waals surface area contributed by atoms with Gasteiger partial charge in [-0.1, -0.05) is 12.7 Å². The summed E-state index contributed by atoms with van der Waals surface area (Å²) in [5.74, 6) is 0. The molecule has 0 bridgehead atoms. The van der Waals surface area contributed by atoms with Crippen LogP contribution in [0.25, 0.3) is 0 Å². The first-order valence-corrected chi connectivity index (χ1v) is 2.42. The van der Waals surface area contributed by atoms with Crippen LogP contribution in [0.3, 0.4) is 0 Å². The van der Waals surface area contributed by atoms with Crippen molar-refractivity contribution in [3.63, 3.8) is 0 Å². The Hall–Kier alpha value is -1.06. The Balaban J connectivity index is 4.51. The lowest BCUT2D eigenvalue weighted by Crippen LogP contribution is -2.12. The van der Waals surface area contributed by atoms with Crippen molar-refractivity contribution in [3.05, 3.63) is 24.3 Å². The number of alkyl halides is 3. The van der Waals surface area contributed by atoms with E-state index in [-0.39, 0.29) is 6.21 Å². The topological polar surface area (TPSA) is 23.9 Å². The highest BCUT2D eigenvalue weighted by Gasteiger charge is 2.31. The van der Waals surface area contributed by atoms with Crippen LogP contribution in [-0.2, 0) is 0 Å². The van der Waals surface area contributed by atoms with E-state index in [2.05, 4.69) is 6.58 Å². The fraction of sp³-hybridized carbons (Fsp3) is 0.167. The Kier molecular flexibility index (Phi) is 2.86. The van der Waals surface area contributed by atoms with Gasteiger partial charge in [0.1, 0.15) is 0 Å². The molecule has 56 valence electrons. The first-order chi connectivity index (χ1) is 4.52. The molecule has 0 heterocycles. The molecular weight excluding hydrogens is 143 g/mol. The van der Waals surface area contributed by atoms with E-state index in [1.807, 2.05) is 0 Å². The summed E-state index contributed by atoms with van der Waals surface area (Å²) in [5.41, 5.74) is -0.998. The maximum absolute atomic E-state index is 11.6. The van der Waals surface area contributed by atoms with Gasteiger partial charge in [0, 0.05) is 6.21 Å². The Morgan fingerprint density at radius 2 is 1.90 bits per heavy atom. The lowest BCUT2D eigenvalue weighted by atomic mass is 10.2. The molecule has 0 saturated heterocycles. The average molecular weight is 149 g/mol. The van der Waals surface area contributed by atoms with Gasteiger partial charge in [0.2, 0.25) is 0 Å². The summed E-state index contributed by atoms with van der Waals surface area (Å²) in [6.07, 6.45) is -2.45. The summed E-state index contributed by atoms with van der Waals surface area (Å²) < 4.78 is 34.9. The summed E-state index contributed by atoms with van der Waals surface area (Å²) in [6, 6.07) is 0. The van der Waals surface area contributed by atoms with Gasteiger partial charge in [0.25, 0.3) is 0 Å². The van der Waals surface area contributed by atoms with Crippen LogP contribution in [0.15, 0.2) is 24.3 Å². The lowest BCUT2D eigenvalue weighted by Gasteiger charge is -2.03. The van der Waals surface area contributed by atoms with Crippen molar-refractivity contribution in [2.24, 2.45) is 0 Å².